The average molecular weight is 427 g/mol. The van der Waals surface area contributed by atoms with Crippen molar-refractivity contribution >= 4 is 61.5 Å². The molecule has 0 aliphatic heterocycles. The molecule has 0 aliphatic carbocycles. The molecule has 0 spiro atoms. The lowest BCUT2D eigenvalue weighted by Crippen LogP contribution is -2.13. The summed E-state index contributed by atoms with van der Waals surface area (Å²) in [4.78, 5) is 16.0. The standard InChI is InChI=1S/C16H10BrCl2N3O2/c1-8(21-22-15-12(18)6-20-7-13(15)19)11-5-9-4-10(17)2-3-14(9)24-16(11)23/h2-7H,1H3,(H,20,22). The zero-order valence-electron chi connectivity index (χ0n) is 12.3. The van der Waals surface area contributed by atoms with E-state index < -0.39 is 5.63 Å². The maximum atomic E-state index is 12.2. The minimum atomic E-state index is -0.472. The molecule has 0 saturated heterocycles. The molecule has 1 aromatic carbocycles. The van der Waals surface area contributed by atoms with E-state index in [0.29, 0.717) is 32.6 Å². The number of nitrogens with one attached hydrogen (secondary N) is 1. The molecular weight excluding hydrogens is 417 g/mol. The van der Waals surface area contributed by atoms with Crippen molar-refractivity contribution in [3.8, 4) is 0 Å². The van der Waals surface area contributed by atoms with Crippen molar-refractivity contribution in [1.82, 2.24) is 4.98 Å². The van der Waals surface area contributed by atoms with Crippen molar-refractivity contribution in [3.05, 3.63) is 67.2 Å². The number of halogens is 3. The third-order valence-electron chi connectivity index (χ3n) is 3.27. The van der Waals surface area contributed by atoms with Gasteiger partial charge in [0.15, 0.2) is 0 Å². The van der Waals surface area contributed by atoms with E-state index in [1.165, 1.54) is 12.4 Å². The monoisotopic (exact) mass is 425 g/mol. The first-order valence-corrected chi connectivity index (χ1v) is 8.33. The van der Waals surface area contributed by atoms with E-state index in [-0.39, 0.29) is 0 Å². The van der Waals surface area contributed by atoms with Gasteiger partial charge in [0.05, 0.1) is 27.0 Å². The molecular formula is C16H10BrCl2N3O2. The molecule has 122 valence electrons. The predicted octanol–water partition coefficient (Wildman–Crippen LogP) is 5.09. The number of rotatable bonds is 3. The first kappa shape index (κ1) is 17.0. The lowest BCUT2D eigenvalue weighted by Gasteiger charge is -2.07. The molecule has 0 amide bonds. The number of benzene rings is 1. The van der Waals surface area contributed by atoms with E-state index >= 15 is 0 Å². The summed E-state index contributed by atoms with van der Waals surface area (Å²) >= 11 is 15.4. The topological polar surface area (TPSA) is 67.5 Å². The molecule has 0 saturated carbocycles. The first-order valence-electron chi connectivity index (χ1n) is 6.79. The van der Waals surface area contributed by atoms with Crippen molar-refractivity contribution < 1.29 is 4.42 Å². The van der Waals surface area contributed by atoms with Crippen LogP contribution in [-0.4, -0.2) is 10.7 Å². The van der Waals surface area contributed by atoms with Crippen LogP contribution in [0.4, 0.5) is 5.69 Å². The van der Waals surface area contributed by atoms with Crippen molar-refractivity contribution in [3.63, 3.8) is 0 Å². The highest BCUT2D eigenvalue weighted by Gasteiger charge is 2.10. The Balaban J connectivity index is 2.00. The quantitative estimate of drug-likeness (QED) is 0.359. The maximum Gasteiger partial charge on any atom is 0.345 e. The van der Waals surface area contributed by atoms with Gasteiger partial charge in [0.25, 0.3) is 0 Å². The lowest BCUT2D eigenvalue weighted by atomic mass is 10.1. The van der Waals surface area contributed by atoms with E-state index in [2.05, 4.69) is 31.4 Å². The molecule has 1 N–H and O–H groups in total. The molecule has 0 atom stereocenters. The fourth-order valence-electron chi connectivity index (χ4n) is 2.06. The highest BCUT2D eigenvalue weighted by molar-refractivity contribution is 9.10. The molecule has 3 aromatic rings. The van der Waals surface area contributed by atoms with Gasteiger partial charge in [-0.1, -0.05) is 39.1 Å². The number of fused-ring (bicyclic) bond motifs is 1. The van der Waals surface area contributed by atoms with Crippen LogP contribution in [0, 0.1) is 0 Å². The van der Waals surface area contributed by atoms with E-state index in [1.807, 2.05) is 6.07 Å². The molecule has 0 fully saturated rings. The van der Waals surface area contributed by atoms with E-state index in [1.54, 1.807) is 25.1 Å². The van der Waals surface area contributed by atoms with Crippen LogP contribution in [0.5, 0.6) is 0 Å². The summed E-state index contributed by atoms with van der Waals surface area (Å²) in [6.07, 6.45) is 2.89. The van der Waals surface area contributed by atoms with Crippen LogP contribution in [0.15, 0.2) is 55.4 Å². The zero-order chi connectivity index (χ0) is 17.3. The number of hydrogen-bond donors (Lipinski definition) is 1. The normalized spacial score (nSPS) is 11.8. The van der Waals surface area contributed by atoms with Crippen LogP contribution in [-0.2, 0) is 0 Å². The SMILES string of the molecule is CC(=NNc1c(Cl)cncc1Cl)c1cc2cc(Br)ccc2oc1=O. The Morgan fingerprint density at radius 1 is 1.25 bits per heavy atom. The zero-order valence-corrected chi connectivity index (χ0v) is 15.4. The van der Waals surface area contributed by atoms with Crippen molar-refractivity contribution in [1.29, 1.82) is 0 Å². The predicted molar refractivity (Wildman–Crippen MR) is 100 cm³/mol. The smallest absolute Gasteiger partial charge is 0.345 e. The van der Waals surface area contributed by atoms with Crippen molar-refractivity contribution in [2.24, 2.45) is 5.10 Å². The van der Waals surface area contributed by atoms with Gasteiger partial charge in [0.1, 0.15) is 5.58 Å². The van der Waals surface area contributed by atoms with Crippen LogP contribution in [0.3, 0.4) is 0 Å². The summed E-state index contributed by atoms with van der Waals surface area (Å²) in [5.74, 6) is 0. The van der Waals surface area contributed by atoms with Gasteiger partial charge in [-0.15, -0.1) is 0 Å². The number of anilines is 1. The molecule has 0 bridgehead atoms. The maximum absolute atomic E-state index is 12.2. The van der Waals surface area contributed by atoms with Crippen LogP contribution >= 0.6 is 39.1 Å². The number of pyridine rings is 1. The summed E-state index contributed by atoms with van der Waals surface area (Å²) in [7, 11) is 0. The minimum absolute atomic E-state index is 0.327. The molecule has 8 heteroatoms. The number of hydrazone groups is 1. The molecule has 0 aliphatic rings. The Hall–Kier alpha value is -1.89. The van der Waals surface area contributed by atoms with Crippen LogP contribution in [0.25, 0.3) is 11.0 Å². The van der Waals surface area contributed by atoms with Crippen molar-refractivity contribution in [2.45, 2.75) is 6.92 Å². The lowest BCUT2D eigenvalue weighted by molar-refractivity contribution is 0.559. The Kier molecular flexibility index (Phi) is 4.89. The average Bonchev–Trinajstić information content (AvgIpc) is 2.54. The number of nitrogens with zero attached hydrogens (tertiary/aromatic N) is 2. The highest BCUT2D eigenvalue weighted by atomic mass is 79.9. The van der Waals surface area contributed by atoms with Crippen molar-refractivity contribution in [2.75, 3.05) is 5.43 Å². The molecule has 0 radical (unpaired) electrons. The highest BCUT2D eigenvalue weighted by Crippen LogP contribution is 2.28. The van der Waals surface area contributed by atoms with Crippen LogP contribution in [0.2, 0.25) is 10.0 Å². The summed E-state index contributed by atoms with van der Waals surface area (Å²) in [6.45, 7) is 1.69. The molecule has 0 unspecified atom stereocenters. The molecule has 2 aromatic heterocycles. The summed E-state index contributed by atoms with van der Waals surface area (Å²) in [5.41, 5.74) is 3.99. The van der Waals surface area contributed by atoms with Crippen LogP contribution in [0.1, 0.15) is 12.5 Å². The fourth-order valence-corrected chi connectivity index (χ4v) is 2.89. The Labute approximate surface area is 155 Å². The van der Waals surface area contributed by atoms with Gasteiger partial charge in [0, 0.05) is 22.3 Å². The number of hydrogen-bond acceptors (Lipinski definition) is 5. The largest absolute Gasteiger partial charge is 0.422 e. The summed E-state index contributed by atoms with van der Waals surface area (Å²) in [6, 6.07) is 7.12. The second-order valence-electron chi connectivity index (χ2n) is 4.92. The van der Waals surface area contributed by atoms with Gasteiger partial charge in [-0.05, 0) is 31.2 Å². The van der Waals surface area contributed by atoms with Gasteiger partial charge in [-0.2, -0.15) is 5.10 Å². The third kappa shape index (κ3) is 3.45. The fraction of sp³-hybridized carbons (Fsp3) is 0.0625. The van der Waals surface area contributed by atoms with E-state index in [0.717, 1.165) is 9.86 Å². The van der Waals surface area contributed by atoms with Gasteiger partial charge >= 0.3 is 5.63 Å². The second kappa shape index (κ2) is 6.93. The molecule has 24 heavy (non-hydrogen) atoms. The van der Waals surface area contributed by atoms with Gasteiger partial charge in [0.2, 0.25) is 0 Å². The molecule has 2 heterocycles. The summed E-state index contributed by atoms with van der Waals surface area (Å²) < 4.78 is 6.21. The minimum Gasteiger partial charge on any atom is -0.422 e. The molecule has 3 rings (SSSR count). The third-order valence-corrected chi connectivity index (χ3v) is 4.34. The van der Waals surface area contributed by atoms with Gasteiger partial charge < -0.3 is 4.42 Å². The Bertz CT molecular complexity index is 998. The second-order valence-corrected chi connectivity index (χ2v) is 6.65. The van der Waals surface area contributed by atoms with E-state index in [9.17, 15) is 4.79 Å². The van der Waals surface area contributed by atoms with Gasteiger partial charge in [-0.25, -0.2) is 4.79 Å². The Morgan fingerprint density at radius 2 is 1.96 bits per heavy atom. The van der Waals surface area contributed by atoms with E-state index in [4.69, 9.17) is 27.6 Å². The van der Waals surface area contributed by atoms with Crippen LogP contribution < -0.4 is 11.1 Å². The first-order chi connectivity index (χ1) is 11.5. The summed E-state index contributed by atoms with van der Waals surface area (Å²) in [5, 5.41) is 5.61. The number of aromatic nitrogens is 1. The van der Waals surface area contributed by atoms with Gasteiger partial charge in [-0.3, -0.25) is 10.4 Å². The molecule has 5 nitrogen and oxygen atoms in total. The Morgan fingerprint density at radius 3 is 2.67 bits per heavy atom.